The molecule has 0 saturated carbocycles. The molecule has 0 aromatic heterocycles. The first kappa shape index (κ1) is 16.2. The van der Waals surface area contributed by atoms with Gasteiger partial charge in [0.2, 0.25) is 5.91 Å². The standard InChI is InChI=1S/C15H20ClFN2O2/c1-21-9-4-15(20)19-7-5-18(6-8-19)11-12-2-3-13(16)10-14(12)17/h2-3,10H,4-9,11H2,1H3. The van der Waals surface area contributed by atoms with E-state index in [1.807, 2.05) is 4.90 Å². The molecule has 0 radical (unpaired) electrons. The topological polar surface area (TPSA) is 32.8 Å². The maximum absolute atomic E-state index is 13.8. The van der Waals surface area contributed by atoms with Crippen molar-refractivity contribution in [3.05, 3.63) is 34.6 Å². The van der Waals surface area contributed by atoms with Crippen LogP contribution in [0.25, 0.3) is 0 Å². The highest BCUT2D eigenvalue weighted by Gasteiger charge is 2.21. The summed E-state index contributed by atoms with van der Waals surface area (Å²) < 4.78 is 18.7. The Kier molecular flexibility index (Phi) is 5.96. The summed E-state index contributed by atoms with van der Waals surface area (Å²) in [6, 6.07) is 4.75. The second-order valence-electron chi connectivity index (χ2n) is 5.14. The smallest absolute Gasteiger partial charge is 0.224 e. The van der Waals surface area contributed by atoms with Crippen molar-refractivity contribution in [3.63, 3.8) is 0 Å². The van der Waals surface area contributed by atoms with Crippen molar-refractivity contribution in [1.82, 2.24) is 9.80 Å². The van der Waals surface area contributed by atoms with Crippen LogP contribution < -0.4 is 0 Å². The summed E-state index contributed by atoms with van der Waals surface area (Å²) in [7, 11) is 1.59. The third kappa shape index (κ3) is 4.66. The second-order valence-corrected chi connectivity index (χ2v) is 5.57. The van der Waals surface area contributed by atoms with Crippen molar-refractivity contribution in [1.29, 1.82) is 0 Å². The zero-order valence-corrected chi connectivity index (χ0v) is 12.9. The first-order chi connectivity index (χ1) is 10.1. The number of hydrogen-bond donors (Lipinski definition) is 0. The second kappa shape index (κ2) is 7.73. The summed E-state index contributed by atoms with van der Waals surface area (Å²) in [5, 5.41) is 0.407. The number of halogens is 2. The summed E-state index contributed by atoms with van der Waals surface area (Å²) >= 11 is 5.75. The van der Waals surface area contributed by atoms with Crippen LogP contribution in [-0.4, -0.2) is 55.6 Å². The van der Waals surface area contributed by atoms with Gasteiger partial charge in [0.25, 0.3) is 0 Å². The molecule has 0 bridgehead atoms. The number of ether oxygens (including phenoxy) is 1. The number of amides is 1. The zero-order valence-electron chi connectivity index (χ0n) is 12.1. The van der Waals surface area contributed by atoms with E-state index in [0.29, 0.717) is 43.2 Å². The van der Waals surface area contributed by atoms with Crippen LogP contribution in [0.3, 0.4) is 0 Å². The van der Waals surface area contributed by atoms with Crippen LogP contribution in [0.5, 0.6) is 0 Å². The van der Waals surface area contributed by atoms with Gasteiger partial charge in [-0.15, -0.1) is 0 Å². The van der Waals surface area contributed by atoms with Crippen LogP contribution >= 0.6 is 11.6 Å². The van der Waals surface area contributed by atoms with Crippen molar-refractivity contribution in [2.75, 3.05) is 39.9 Å². The Morgan fingerprint density at radius 1 is 1.33 bits per heavy atom. The molecule has 0 unspecified atom stereocenters. The third-order valence-electron chi connectivity index (χ3n) is 3.65. The molecular formula is C15H20ClFN2O2. The molecule has 1 aromatic carbocycles. The molecule has 0 atom stereocenters. The van der Waals surface area contributed by atoms with Gasteiger partial charge in [-0.2, -0.15) is 0 Å². The molecule has 1 heterocycles. The largest absolute Gasteiger partial charge is 0.384 e. The van der Waals surface area contributed by atoms with Crippen LogP contribution in [0.15, 0.2) is 18.2 Å². The van der Waals surface area contributed by atoms with Gasteiger partial charge in [-0.25, -0.2) is 4.39 Å². The molecule has 1 aliphatic rings. The lowest BCUT2D eigenvalue weighted by atomic mass is 10.2. The van der Waals surface area contributed by atoms with E-state index in [1.54, 1.807) is 19.2 Å². The van der Waals surface area contributed by atoms with Crippen LogP contribution in [0.4, 0.5) is 4.39 Å². The van der Waals surface area contributed by atoms with E-state index in [-0.39, 0.29) is 11.7 Å². The SMILES string of the molecule is COCCC(=O)N1CCN(Cc2ccc(Cl)cc2F)CC1. The Bertz CT molecular complexity index is 491. The zero-order chi connectivity index (χ0) is 15.2. The fourth-order valence-corrected chi connectivity index (χ4v) is 2.55. The molecule has 1 saturated heterocycles. The normalized spacial score (nSPS) is 16.2. The highest BCUT2D eigenvalue weighted by atomic mass is 35.5. The van der Waals surface area contributed by atoms with E-state index in [1.165, 1.54) is 6.07 Å². The third-order valence-corrected chi connectivity index (χ3v) is 3.89. The monoisotopic (exact) mass is 314 g/mol. The molecule has 2 rings (SSSR count). The van der Waals surface area contributed by atoms with E-state index < -0.39 is 0 Å². The number of methoxy groups -OCH3 is 1. The van der Waals surface area contributed by atoms with Gasteiger partial charge in [-0.3, -0.25) is 9.69 Å². The number of piperazine rings is 1. The van der Waals surface area contributed by atoms with Gasteiger partial charge in [-0.05, 0) is 12.1 Å². The molecular weight excluding hydrogens is 295 g/mol. The molecule has 4 nitrogen and oxygen atoms in total. The number of carbonyl (C=O) groups excluding carboxylic acids is 1. The van der Waals surface area contributed by atoms with Crippen LogP contribution in [0, 0.1) is 5.82 Å². The van der Waals surface area contributed by atoms with Crippen molar-refractivity contribution in [3.8, 4) is 0 Å². The predicted octanol–water partition coefficient (Wildman–Crippen LogP) is 2.16. The Morgan fingerprint density at radius 2 is 2.05 bits per heavy atom. The molecule has 21 heavy (non-hydrogen) atoms. The molecule has 1 fully saturated rings. The lowest BCUT2D eigenvalue weighted by Gasteiger charge is -2.34. The van der Waals surface area contributed by atoms with E-state index in [4.69, 9.17) is 16.3 Å². The fourth-order valence-electron chi connectivity index (χ4n) is 2.39. The minimum atomic E-state index is -0.277. The average Bonchev–Trinajstić information content (AvgIpc) is 2.48. The Balaban J connectivity index is 1.82. The van der Waals surface area contributed by atoms with Gasteiger partial charge in [0.1, 0.15) is 5.82 Å². The Hall–Kier alpha value is -1.17. The first-order valence-corrected chi connectivity index (χ1v) is 7.41. The number of rotatable bonds is 5. The van der Waals surface area contributed by atoms with Crippen molar-refractivity contribution in [2.24, 2.45) is 0 Å². The highest BCUT2D eigenvalue weighted by Crippen LogP contribution is 2.17. The summed E-state index contributed by atoms with van der Waals surface area (Å²) in [4.78, 5) is 15.9. The summed E-state index contributed by atoms with van der Waals surface area (Å²) in [6.45, 7) is 3.86. The minimum absolute atomic E-state index is 0.120. The van der Waals surface area contributed by atoms with Gasteiger partial charge < -0.3 is 9.64 Å². The summed E-state index contributed by atoms with van der Waals surface area (Å²) in [6.07, 6.45) is 0.419. The molecule has 0 spiro atoms. The van der Waals surface area contributed by atoms with Gasteiger partial charge in [0, 0.05) is 50.4 Å². The first-order valence-electron chi connectivity index (χ1n) is 7.03. The summed E-state index contributed by atoms with van der Waals surface area (Å²) in [5.41, 5.74) is 0.638. The predicted molar refractivity (Wildman–Crippen MR) is 79.8 cm³/mol. The molecule has 1 aliphatic heterocycles. The van der Waals surface area contributed by atoms with Gasteiger partial charge in [0.05, 0.1) is 13.0 Å². The van der Waals surface area contributed by atoms with E-state index in [9.17, 15) is 9.18 Å². The fraction of sp³-hybridized carbons (Fsp3) is 0.533. The van der Waals surface area contributed by atoms with Crippen molar-refractivity contribution >= 4 is 17.5 Å². The average molecular weight is 315 g/mol. The maximum atomic E-state index is 13.8. The van der Waals surface area contributed by atoms with Gasteiger partial charge in [-0.1, -0.05) is 17.7 Å². The number of benzene rings is 1. The summed E-state index contributed by atoms with van der Waals surface area (Å²) in [5.74, 6) is -0.157. The van der Waals surface area contributed by atoms with Crippen molar-refractivity contribution in [2.45, 2.75) is 13.0 Å². The quantitative estimate of drug-likeness (QED) is 0.835. The van der Waals surface area contributed by atoms with Crippen LogP contribution in [0.1, 0.15) is 12.0 Å². The molecule has 6 heteroatoms. The lowest BCUT2D eigenvalue weighted by Crippen LogP contribution is -2.48. The van der Waals surface area contributed by atoms with Gasteiger partial charge in [0.15, 0.2) is 0 Å². The lowest BCUT2D eigenvalue weighted by molar-refractivity contribution is -0.133. The molecule has 1 aromatic rings. The Labute approximate surface area is 129 Å². The minimum Gasteiger partial charge on any atom is -0.384 e. The number of nitrogens with zero attached hydrogens (tertiary/aromatic N) is 2. The van der Waals surface area contributed by atoms with E-state index >= 15 is 0 Å². The molecule has 1 amide bonds. The van der Waals surface area contributed by atoms with Crippen LogP contribution in [-0.2, 0) is 16.1 Å². The Morgan fingerprint density at radius 3 is 2.67 bits per heavy atom. The van der Waals surface area contributed by atoms with Crippen molar-refractivity contribution < 1.29 is 13.9 Å². The molecule has 0 aliphatic carbocycles. The highest BCUT2D eigenvalue weighted by molar-refractivity contribution is 6.30. The molecule has 116 valence electrons. The maximum Gasteiger partial charge on any atom is 0.224 e. The number of hydrogen-bond acceptors (Lipinski definition) is 3. The van der Waals surface area contributed by atoms with E-state index in [0.717, 1.165) is 13.1 Å². The number of carbonyl (C=O) groups is 1. The van der Waals surface area contributed by atoms with Gasteiger partial charge >= 0.3 is 0 Å². The van der Waals surface area contributed by atoms with Crippen LogP contribution in [0.2, 0.25) is 5.02 Å². The van der Waals surface area contributed by atoms with E-state index in [2.05, 4.69) is 4.90 Å². The molecule has 0 N–H and O–H groups in total.